The molecule has 6 heteroatoms. The van der Waals surface area contributed by atoms with Gasteiger partial charge in [0.25, 0.3) is 5.91 Å². The number of carbonyl (C=O) groups is 1. The van der Waals surface area contributed by atoms with Gasteiger partial charge in [-0.2, -0.15) is 0 Å². The summed E-state index contributed by atoms with van der Waals surface area (Å²) in [7, 11) is 0. The number of thiazole rings is 1. The molecule has 2 aromatic carbocycles. The molecule has 2 aromatic heterocycles. The number of aromatic nitrogens is 1. The molecule has 0 aliphatic rings. The second kappa shape index (κ2) is 7.58. The standard InChI is InChI=1S/C21H18N2O2S2/c1-14-5-10-18-19(12-14)27-21(22-18)23(13-16-4-3-11-25-16)20(24)15-6-8-17(26-2)9-7-15/h3-12H,13H2,1-2H3. The van der Waals surface area contributed by atoms with Crippen molar-refractivity contribution in [3.05, 3.63) is 77.7 Å². The molecule has 27 heavy (non-hydrogen) atoms. The number of anilines is 1. The fourth-order valence-electron chi connectivity index (χ4n) is 2.81. The van der Waals surface area contributed by atoms with Gasteiger partial charge >= 0.3 is 0 Å². The molecule has 4 aromatic rings. The summed E-state index contributed by atoms with van der Waals surface area (Å²) >= 11 is 3.17. The van der Waals surface area contributed by atoms with Crippen LogP contribution in [-0.2, 0) is 6.54 Å². The van der Waals surface area contributed by atoms with E-state index in [-0.39, 0.29) is 5.91 Å². The highest BCUT2D eigenvalue weighted by atomic mass is 32.2. The zero-order valence-corrected chi connectivity index (χ0v) is 16.6. The molecule has 1 amide bonds. The summed E-state index contributed by atoms with van der Waals surface area (Å²) in [5, 5.41) is 0.672. The molecule has 4 rings (SSSR count). The van der Waals surface area contributed by atoms with Crippen LogP contribution >= 0.6 is 23.1 Å². The Morgan fingerprint density at radius 1 is 1.19 bits per heavy atom. The number of thioether (sulfide) groups is 1. The van der Waals surface area contributed by atoms with E-state index in [1.807, 2.05) is 54.8 Å². The Bertz CT molecular complexity index is 1070. The van der Waals surface area contributed by atoms with Gasteiger partial charge in [-0.1, -0.05) is 17.4 Å². The summed E-state index contributed by atoms with van der Waals surface area (Å²) in [4.78, 5) is 20.8. The number of fused-ring (bicyclic) bond motifs is 1. The van der Waals surface area contributed by atoms with Crippen LogP contribution in [0.5, 0.6) is 0 Å². The fraction of sp³-hybridized carbons (Fsp3) is 0.143. The average Bonchev–Trinajstić information content (AvgIpc) is 3.34. The lowest BCUT2D eigenvalue weighted by atomic mass is 10.2. The normalized spacial score (nSPS) is 11.0. The molecule has 0 saturated carbocycles. The number of furan rings is 1. The quantitative estimate of drug-likeness (QED) is 0.403. The first kappa shape index (κ1) is 17.8. The Kier molecular flexibility index (Phi) is 5.01. The topological polar surface area (TPSA) is 46.3 Å². The minimum absolute atomic E-state index is 0.0881. The average molecular weight is 395 g/mol. The Labute approximate surface area is 165 Å². The van der Waals surface area contributed by atoms with Crippen LogP contribution in [0.3, 0.4) is 0 Å². The maximum absolute atomic E-state index is 13.3. The van der Waals surface area contributed by atoms with Crippen molar-refractivity contribution in [2.24, 2.45) is 0 Å². The summed E-state index contributed by atoms with van der Waals surface area (Å²) < 4.78 is 6.55. The number of benzene rings is 2. The third-order valence-electron chi connectivity index (χ3n) is 4.24. The SMILES string of the molecule is CSc1ccc(C(=O)N(Cc2ccco2)c2nc3ccc(C)cc3s2)cc1. The molecule has 0 atom stereocenters. The summed E-state index contributed by atoms with van der Waals surface area (Å²) in [6, 6.07) is 17.5. The molecule has 0 spiro atoms. The van der Waals surface area contributed by atoms with Crippen molar-refractivity contribution < 1.29 is 9.21 Å². The minimum Gasteiger partial charge on any atom is -0.467 e. The predicted octanol–water partition coefficient (Wildman–Crippen LogP) is 5.77. The van der Waals surface area contributed by atoms with Gasteiger partial charge in [-0.25, -0.2) is 4.98 Å². The zero-order chi connectivity index (χ0) is 18.8. The molecule has 0 aliphatic carbocycles. The van der Waals surface area contributed by atoms with Gasteiger partial charge < -0.3 is 4.42 Å². The fourth-order valence-corrected chi connectivity index (χ4v) is 4.28. The first-order valence-electron chi connectivity index (χ1n) is 8.49. The maximum atomic E-state index is 13.3. The smallest absolute Gasteiger partial charge is 0.260 e. The second-order valence-corrected chi connectivity index (χ2v) is 8.06. The molecular weight excluding hydrogens is 376 g/mol. The zero-order valence-electron chi connectivity index (χ0n) is 15.0. The van der Waals surface area contributed by atoms with Gasteiger partial charge in [0.2, 0.25) is 0 Å². The van der Waals surface area contributed by atoms with Gasteiger partial charge in [0.1, 0.15) is 5.76 Å². The van der Waals surface area contributed by atoms with E-state index in [0.29, 0.717) is 17.2 Å². The maximum Gasteiger partial charge on any atom is 0.260 e. The van der Waals surface area contributed by atoms with Crippen molar-refractivity contribution in [3.8, 4) is 0 Å². The van der Waals surface area contributed by atoms with Crippen LogP contribution < -0.4 is 4.90 Å². The number of amides is 1. The van der Waals surface area contributed by atoms with Crippen LogP contribution in [-0.4, -0.2) is 17.1 Å². The van der Waals surface area contributed by atoms with E-state index in [9.17, 15) is 4.79 Å². The number of nitrogens with zero attached hydrogens (tertiary/aromatic N) is 2. The Morgan fingerprint density at radius 3 is 2.70 bits per heavy atom. The lowest BCUT2D eigenvalue weighted by molar-refractivity contribution is 0.0983. The van der Waals surface area contributed by atoms with Gasteiger partial charge in [-0.05, 0) is 67.3 Å². The number of hydrogen-bond donors (Lipinski definition) is 0. The van der Waals surface area contributed by atoms with Crippen molar-refractivity contribution in [1.29, 1.82) is 0 Å². The molecule has 4 nitrogen and oxygen atoms in total. The van der Waals surface area contributed by atoms with Crippen molar-refractivity contribution >= 4 is 44.4 Å². The van der Waals surface area contributed by atoms with Crippen molar-refractivity contribution in [3.63, 3.8) is 0 Å². The van der Waals surface area contributed by atoms with Crippen molar-refractivity contribution in [1.82, 2.24) is 4.98 Å². The second-order valence-electron chi connectivity index (χ2n) is 6.17. The molecule has 0 unspecified atom stereocenters. The van der Waals surface area contributed by atoms with E-state index in [1.54, 1.807) is 22.9 Å². The molecule has 0 saturated heterocycles. The molecule has 2 heterocycles. The summed E-state index contributed by atoms with van der Waals surface area (Å²) in [5.41, 5.74) is 2.71. The molecule has 0 fully saturated rings. The van der Waals surface area contributed by atoms with Crippen LogP contribution in [0.2, 0.25) is 0 Å². The highest BCUT2D eigenvalue weighted by molar-refractivity contribution is 7.98. The molecular formula is C21H18N2O2S2. The van der Waals surface area contributed by atoms with Crippen molar-refractivity contribution in [2.75, 3.05) is 11.2 Å². The van der Waals surface area contributed by atoms with Crippen LogP contribution in [0.1, 0.15) is 21.7 Å². The van der Waals surface area contributed by atoms with Crippen LogP contribution in [0.25, 0.3) is 10.2 Å². The van der Waals surface area contributed by atoms with Crippen LogP contribution in [0.15, 0.2) is 70.2 Å². The monoisotopic (exact) mass is 394 g/mol. The third-order valence-corrected chi connectivity index (χ3v) is 6.02. The third kappa shape index (κ3) is 3.77. The molecule has 0 bridgehead atoms. The lowest BCUT2D eigenvalue weighted by Gasteiger charge is -2.19. The highest BCUT2D eigenvalue weighted by Crippen LogP contribution is 2.31. The number of carbonyl (C=O) groups excluding carboxylic acids is 1. The van der Waals surface area contributed by atoms with E-state index >= 15 is 0 Å². The Hall–Kier alpha value is -2.57. The summed E-state index contributed by atoms with van der Waals surface area (Å²) in [5.74, 6) is 0.634. The summed E-state index contributed by atoms with van der Waals surface area (Å²) in [6.45, 7) is 2.40. The van der Waals surface area contributed by atoms with E-state index in [0.717, 1.165) is 20.9 Å². The number of hydrogen-bond acceptors (Lipinski definition) is 5. The molecule has 0 aliphatic heterocycles. The highest BCUT2D eigenvalue weighted by Gasteiger charge is 2.22. The number of aryl methyl sites for hydroxylation is 1. The van der Waals surface area contributed by atoms with Gasteiger partial charge in [0, 0.05) is 10.5 Å². The van der Waals surface area contributed by atoms with E-state index in [4.69, 9.17) is 9.40 Å². The summed E-state index contributed by atoms with van der Waals surface area (Å²) in [6.07, 6.45) is 3.64. The first-order chi connectivity index (χ1) is 13.1. The Morgan fingerprint density at radius 2 is 2.00 bits per heavy atom. The number of rotatable bonds is 5. The lowest BCUT2D eigenvalue weighted by Crippen LogP contribution is -2.30. The van der Waals surface area contributed by atoms with E-state index < -0.39 is 0 Å². The van der Waals surface area contributed by atoms with Gasteiger partial charge in [0.05, 0.1) is 23.0 Å². The first-order valence-corrected chi connectivity index (χ1v) is 10.5. The molecule has 0 N–H and O–H groups in total. The molecule has 0 radical (unpaired) electrons. The van der Waals surface area contributed by atoms with Crippen LogP contribution in [0, 0.1) is 6.92 Å². The molecule has 136 valence electrons. The minimum atomic E-state index is -0.0881. The van der Waals surface area contributed by atoms with E-state index in [1.165, 1.54) is 16.9 Å². The van der Waals surface area contributed by atoms with Crippen molar-refractivity contribution in [2.45, 2.75) is 18.4 Å². The van der Waals surface area contributed by atoms with Crippen LogP contribution in [0.4, 0.5) is 5.13 Å². The van der Waals surface area contributed by atoms with Gasteiger partial charge in [-0.15, -0.1) is 11.8 Å². The largest absolute Gasteiger partial charge is 0.467 e. The Balaban J connectivity index is 1.73. The van der Waals surface area contributed by atoms with Gasteiger partial charge in [-0.3, -0.25) is 9.69 Å². The predicted molar refractivity (Wildman–Crippen MR) is 112 cm³/mol. The van der Waals surface area contributed by atoms with Gasteiger partial charge in [0.15, 0.2) is 5.13 Å². The van der Waals surface area contributed by atoms with E-state index in [2.05, 4.69) is 13.0 Å².